The number of pyridine rings is 1. The van der Waals surface area contributed by atoms with Gasteiger partial charge in [-0.25, -0.2) is 4.98 Å². The van der Waals surface area contributed by atoms with Gasteiger partial charge in [-0.15, -0.1) is 0 Å². The molecule has 1 amide bonds. The molecule has 1 aliphatic rings. The molecule has 2 heterocycles. The summed E-state index contributed by atoms with van der Waals surface area (Å²) in [5, 5.41) is 6.08. The van der Waals surface area contributed by atoms with Crippen molar-refractivity contribution in [3.8, 4) is 0 Å². The number of rotatable bonds is 6. The Labute approximate surface area is 125 Å². The quantitative estimate of drug-likeness (QED) is 0.846. The number of amides is 1. The van der Waals surface area contributed by atoms with Gasteiger partial charge < -0.3 is 10.6 Å². The Morgan fingerprint density at radius 2 is 2.35 bits per heavy atom. The Kier molecular flexibility index (Phi) is 5.71. The van der Waals surface area contributed by atoms with Gasteiger partial charge in [0.25, 0.3) is 5.91 Å². The number of anilines is 1. The Morgan fingerprint density at radius 3 is 3.00 bits per heavy atom. The number of nitrogens with zero attached hydrogens (tertiary/aromatic N) is 1. The van der Waals surface area contributed by atoms with E-state index in [0.29, 0.717) is 11.5 Å². The van der Waals surface area contributed by atoms with Crippen molar-refractivity contribution in [2.75, 3.05) is 30.4 Å². The molecule has 5 heteroatoms. The summed E-state index contributed by atoms with van der Waals surface area (Å²) >= 11 is 1.97. The normalized spacial score (nSPS) is 18.0. The highest BCUT2D eigenvalue weighted by Crippen LogP contribution is 2.22. The fourth-order valence-electron chi connectivity index (χ4n) is 2.31. The summed E-state index contributed by atoms with van der Waals surface area (Å²) in [6, 6.07) is 3.72. The lowest BCUT2D eigenvalue weighted by Crippen LogP contribution is -2.29. The predicted molar refractivity (Wildman–Crippen MR) is 85.5 cm³/mol. The Balaban J connectivity index is 2.01. The standard InChI is InChI=1S/C15H23N3OS/c1-3-4-13-7-12(8-14(16-2)18-13)15(19)17-9-11-5-6-20-10-11/h7-8,11H,3-6,9-10H2,1-2H3,(H,16,18)(H,17,19). The molecule has 0 spiro atoms. The number of carbonyl (C=O) groups excluding carboxylic acids is 1. The van der Waals surface area contributed by atoms with Crippen LogP contribution in [0, 0.1) is 5.92 Å². The van der Waals surface area contributed by atoms with Crippen molar-refractivity contribution in [3.05, 3.63) is 23.4 Å². The van der Waals surface area contributed by atoms with E-state index in [1.807, 2.05) is 30.9 Å². The van der Waals surface area contributed by atoms with Gasteiger partial charge in [0.15, 0.2) is 0 Å². The lowest BCUT2D eigenvalue weighted by atomic mass is 10.1. The van der Waals surface area contributed by atoms with Gasteiger partial charge in [-0.05, 0) is 42.4 Å². The van der Waals surface area contributed by atoms with Crippen molar-refractivity contribution in [1.29, 1.82) is 0 Å². The highest BCUT2D eigenvalue weighted by molar-refractivity contribution is 7.99. The van der Waals surface area contributed by atoms with Crippen molar-refractivity contribution < 1.29 is 4.79 Å². The second-order valence-electron chi connectivity index (χ2n) is 5.17. The van der Waals surface area contributed by atoms with Gasteiger partial charge in [0, 0.05) is 24.8 Å². The van der Waals surface area contributed by atoms with Crippen molar-refractivity contribution in [3.63, 3.8) is 0 Å². The second kappa shape index (κ2) is 7.53. The molecule has 1 aliphatic heterocycles. The Morgan fingerprint density at radius 1 is 1.50 bits per heavy atom. The molecule has 110 valence electrons. The number of nitrogens with one attached hydrogen (secondary N) is 2. The molecule has 2 N–H and O–H groups in total. The molecule has 1 unspecified atom stereocenters. The third-order valence-corrected chi connectivity index (χ3v) is 4.71. The third-order valence-electron chi connectivity index (χ3n) is 3.48. The van der Waals surface area contributed by atoms with E-state index in [1.54, 1.807) is 0 Å². The predicted octanol–water partition coefficient (Wildman–Crippen LogP) is 2.56. The highest BCUT2D eigenvalue weighted by atomic mass is 32.2. The van der Waals surface area contributed by atoms with Gasteiger partial charge >= 0.3 is 0 Å². The summed E-state index contributed by atoms with van der Waals surface area (Å²) in [6.07, 6.45) is 3.14. The van der Waals surface area contributed by atoms with Gasteiger partial charge in [0.05, 0.1) is 0 Å². The average molecular weight is 293 g/mol. The van der Waals surface area contributed by atoms with Crippen molar-refractivity contribution in [2.45, 2.75) is 26.2 Å². The first-order chi connectivity index (χ1) is 9.72. The SMILES string of the molecule is CCCc1cc(C(=O)NCC2CCSC2)cc(NC)n1. The van der Waals surface area contributed by atoms with Gasteiger partial charge in [-0.1, -0.05) is 13.3 Å². The number of aromatic nitrogens is 1. The molecule has 4 nitrogen and oxygen atoms in total. The van der Waals surface area contributed by atoms with Gasteiger partial charge in [-0.2, -0.15) is 11.8 Å². The van der Waals surface area contributed by atoms with E-state index in [1.165, 1.54) is 17.9 Å². The maximum atomic E-state index is 12.3. The molecule has 1 aromatic heterocycles. The summed E-state index contributed by atoms with van der Waals surface area (Å²) in [4.78, 5) is 16.7. The van der Waals surface area contributed by atoms with Gasteiger partial charge in [0.1, 0.15) is 5.82 Å². The first-order valence-corrected chi connectivity index (χ1v) is 8.43. The number of hydrogen-bond acceptors (Lipinski definition) is 4. The van der Waals surface area contributed by atoms with E-state index in [0.717, 1.165) is 30.9 Å². The molecule has 1 fully saturated rings. The van der Waals surface area contributed by atoms with E-state index in [2.05, 4.69) is 22.5 Å². The van der Waals surface area contributed by atoms with Crippen LogP contribution in [0.3, 0.4) is 0 Å². The number of aryl methyl sites for hydroxylation is 1. The number of hydrogen-bond donors (Lipinski definition) is 2. The minimum absolute atomic E-state index is 0.0122. The smallest absolute Gasteiger partial charge is 0.251 e. The zero-order valence-electron chi connectivity index (χ0n) is 12.2. The third kappa shape index (κ3) is 4.13. The summed E-state index contributed by atoms with van der Waals surface area (Å²) < 4.78 is 0. The Bertz CT molecular complexity index is 458. The van der Waals surface area contributed by atoms with Crippen LogP contribution in [0.4, 0.5) is 5.82 Å². The van der Waals surface area contributed by atoms with Crippen LogP contribution in [-0.4, -0.2) is 36.0 Å². The largest absolute Gasteiger partial charge is 0.373 e. The first-order valence-electron chi connectivity index (χ1n) is 7.27. The van der Waals surface area contributed by atoms with Crippen LogP contribution in [-0.2, 0) is 6.42 Å². The molecular formula is C15H23N3OS. The molecule has 0 radical (unpaired) electrons. The van der Waals surface area contributed by atoms with E-state index in [4.69, 9.17) is 0 Å². The number of thioether (sulfide) groups is 1. The summed E-state index contributed by atoms with van der Waals surface area (Å²) in [7, 11) is 1.83. The van der Waals surface area contributed by atoms with Crippen LogP contribution in [0.15, 0.2) is 12.1 Å². The molecule has 1 aromatic rings. The van der Waals surface area contributed by atoms with E-state index < -0.39 is 0 Å². The minimum atomic E-state index is 0.0122. The van der Waals surface area contributed by atoms with E-state index >= 15 is 0 Å². The summed E-state index contributed by atoms with van der Waals surface area (Å²) in [6.45, 7) is 2.90. The highest BCUT2D eigenvalue weighted by Gasteiger charge is 2.17. The fraction of sp³-hybridized carbons (Fsp3) is 0.600. The van der Waals surface area contributed by atoms with Crippen molar-refractivity contribution in [1.82, 2.24) is 10.3 Å². The maximum absolute atomic E-state index is 12.3. The lowest BCUT2D eigenvalue weighted by Gasteiger charge is -2.12. The van der Waals surface area contributed by atoms with Crippen molar-refractivity contribution in [2.24, 2.45) is 5.92 Å². The van der Waals surface area contributed by atoms with Crippen LogP contribution in [0.5, 0.6) is 0 Å². The van der Waals surface area contributed by atoms with Crippen LogP contribution in [0.25, 0.3) is 0 Å². The number of carbonyl (C=O) groups is 1. The minimum Gasteiger partial charge on any atom is -0.373 e. The van der Waals surface area contributed by atoms with Crippen LogP contribution in [0.1, 0.15) is 35.8 Å². The van der Waals surface area contributed by atoms with Crippen LogP contribution < -0.4 is 10.6 Å². The summed E-state index contributed by atoms with van der Waals surface area (Å²) in [5.41, 5.74) is 1.68. The molecule has 0 bridgehead atoms. The fourth-order valence-corrected chi connectivity index (χ4v) is 3.60. The molecule has 0 saturated carbocycles. The molecular weight excluding hydrogens is 270 g/mol. The molecule has 1 saturated heterocycles. The summed E-state index contributed by atoms with van der Waals surface area (Å²) in [5.74, 6) is 3.79. The van der Waals surface area contributed by atoms with E-state index in [-0.39, 0.29) is 5.91 Å². The lowest BCUT2D eigenvalue weighted by molar-refractivity contribution is 0.0948. The van der Waals surface area contributed by atoms with Crippen LogP contribution in [0.2, 0.25) is 0 Å². The van der Waals surface area contributed by atoms with Gasteiger partial charge in [-0.3, -0.25) is 4.79 Å². The molecule has 0 aliphatic carbocycles. The Hall–Kier alpha value is -1.23. The first kappa shape index (κ1) is 15.2. The maximum Gasteiger partial charge on any atom is 0.251 e. The zero-order valence-corrected chi connectivity index (χ0v) is 13.1. The van der Waals surface area contributed by atoms with Crippen molar-refractivity contribution >= 4 is 23.5 Å². The topological polar surface area (TPSA) is 54.0 Å². The molecule has 1 atom stereocenters. The zero-order chi connectivity index (χ0) is 14.4. The van der Waals surface area contributed by atoms with E-state index in [9.17, 15) is 4.79 Å². The average Bonchev–Trinajstić information content (AvgIpc) is 2.98. The monoisotopic (exact) mass is 293 g/mol. The van der Waals surface area contributed by atoms with Crippen LogP contribution >= 0.6 is 11.8 Å². The van der Waals surface area contributed by atoms with Gasteiger partial charge in [0.2, 0.25) is 0 Å². The molecule has 2 rings (SSSR count). The molecule has 20 heavy (non-hydrogen) atoms. The molecule has 0 aromatic carbocycles. The second-order valence-corrected chi connectivity index (χ2v) is 6.32.